The molecule has 2 aromatic rings. The van der Waals surface area contributed by atoms with Crippen LogP contribution in [0.1, 0.15) is 25.8 Å². The van der Waals surface area contributed by atoms with Crippen LogP contribution in [-0.4, -0.2) is 22.1 Å². The fourth-order valence-electron chi connectivity index (χ4n) is 1.48. The van der Waals surface area contributed by atoms with Gasteiger partial charge < -0.3 is 5.32 Å². The van der Waals surface area contributed by atoms with E-state index in [-0.39, 0.29) is 5.54 Å². The predicted molar refractivity (Wildman–Crippen MR) is 68.9 cm³/mol. The van der Waals surface area contributed by atoms with Crippen molar-refractivity contribution in [1.29, 1.82) is 0 Å². The maximum atomic E-state index is 4.55. The van der Waals surface area contributed by atoms with Crippen LogP contribution in [0.3, 0.4) is 0 Å². The normalized spacial score (nSPS) is 12.2. The number of aromatic nitrogens is 2. The zero-order chi connectivity index (χ0) is 11.6. The minimum atomic E-state index is 0.179. The molecule has 1 N–H and O–H groups in total. The quantitative estimate of drug-likeness (QED) is 0.888. The summed E-state index contributed by atoms with van der Waals surface area (Å²) in [6, 6.07) is 2.02. The molecule has 0 saturated carbocycles. The number of fused-ring (bicyclic) bond motifs is 1. The Hall–Kier alpha value is -1.00. The van der Waals surface area contributed by atoms with Crippen LogP contribution in [-0.2, 0) is 6.42 Å². The van der Waals surface area contributed by atoms with Crippen LogP contribution in [0.5, 0.6) is 0 Å². The van der Waals surface area contributed by atoms with Crippen LogP contribution >= 0.6 is 11.3 Å². The molecule has 0 aliphatic rings. The molecule has 0 saturated heterocycles. The summed E-state index contributed by atoms with van der Waals surface area (Å²) >= 11 is 1.76. The van der Waals surface area contributed by atoms with Gasteiger partial charge in [-0.3, -0.25) is 4.98 Å². The predicted octanol–water partition coefficient (Wildman–Crippen LogP) is 2.62. The molecule has 0 aromatic carbocycles. The van der Waals surface area contributed by atoms with Gasteiger partial charge in [0, 0.05) is 24.7 Å². The Bertz CT molecular complexity index is 437. The van der Waals surface area contributed by atoms with Crippen LogP contribution in [0.15, 0.2) is 18.5 Å². The molecule has 0 aliphatic carbocycles. The van der Waals surface area contributed by atoms with E-state index in [9.17, 15) is 0 Å². The first kappa shape index (κ1) is 11.5. The lowest BCUT2D eigenvalue weighted by Crippen LogP contribution is -2.37. The van der Waals surface area contributed by atoms with Crippen LogP contribution in [0.4, 0.5) is 0 Å². The molecule has 3 nitrogen and oxygen atoms in total. The molecule has 2 rings (SSSR count). The van der Waals surface area contributed by atoms with Gasteiger partial charge in [0.05, 0.1) is 21.4 Å². The fourth-order valence-corrected chi connectivity index (χ4v) is 2.41. The molecule has 4 heteroatoms. The van der Waals surface area contributed by atoms with E-state index in [0.717, 1.165) is 18.5 Å². The van der Waals surface area contributed by atoms with Crippen molar-refractivity contribution in [3.63, 3.8) is 0 Å². The van der Waals surface area contributed by atoms with Crippen molar-refractivity contribution in [3.05, 3.63) is 23.5 Å². The van der Waals surface area contributed by atoms with Gasteiger partial charge in [-0.15, -0.1) is 11.3 Å². The van der Waals surface area contributed by atoms with E-state index in [0.29, 0.717) is 0 Å². The van der Waals surface area contributed by atoms with Gasteiger partial charge in [-0.25, -0.2) is 4.98 Å². The molecular weight excluding hydrogens is 218 g/mol. The smallest absolute Gasteiger partial charge is 0.0998 e. The highest BCUT2D eigenvalue weighted by molar-refractivity contribution is 7.18. The van der Waals surface area contributed by atoms with Gasteiger partial charge in [0.15, 0.2) is 0 Å². The van der Waals surface area contributed by atoms with Crippen molar-refractivity contribution in [2.45, 2.75) is 32.7 Å². The average molecular weight is 235 g/mol. The van der Waals surface area contributed by atoms with Crippen LogP contribution in [0.2, 0.25) is 0 Å². The fraction of sp³-hybridized carbons (Fsp3) is 0.500. The zero-order valence-corrected chi connectivity index (χ0v) is 10.8. The summed E-state index contributed by atoms with van der Waals surface area (Å²) in [7, 11) is 0. The Morgan fingerprint density at radius 3 is 2.88 bits per heavy atom. The van der Waals surface area contributed by atoms with E-state index >= 15 is 0 Å². The van der Waals surface area contributed by atoms with Crippen molar-refractivity contribution in [3.8, 4) is 0 Å². The molecule has 0 fully saturated rings. The van der Waals surface area contributed by atoms with E-state index in [1.54, 1.807) is 11.3 Å². The topological polar surface area (TPSA) is 37.8 Å². The SMILES string of the molecule is CC(C)(C)NCCc1nc2cnccc2s1. The first-order valence-electron chi connectivity index (χ1n) is 5.49. The van der Waals surface area contributed by atoms with E-state index < -0.39 is 0 Å². The van der Waals surface area contributed by atoms with Gasteiger partial charge in [0.2, 0.25) is 0 Å². The summed E-state index contributed by atoms with van der Waals surface area (Å²) in [4.78, 5) is 8.62. The largest absolute Gasteiger partial charge is 0.312 e. The van der Waals surface area contributed by atoms with Gasteiger partial charge in [-0.1, -0.05) is 0 Å². The summed E-state index contributed by atoms with van der Waals surface area (Å²) in [5, 5.41) is 4.65. The molecule has 0 amide bonds. The standard InChI is InChI=1S/C12H17N3S/c1-12(2,3)14-7-5-11-15-9-8-13-6-4-10(9)16-11/h4,6,8,14H,5,7H2,1-3H3. The minimum absolute atomic E-state index is 0.179. The molecule has 0 bridgehead atoms. The summed E-state index contributed by atoms with van der Waals surface area (Å²) in [5.74, 6) is 0. The van der Waals surface area contributed by atoms with Crippen molar-refractivity contribution in [1.82, 2.24) is 15.3 Å². The first-order valence-corrected chi connectivity index (χ1v) is 6.31. The molecular formula is C12H17N3S. The number of hydrogen-bond acceptors (Lipinski definition) is 4. The summed E-state index contributed by atoms with van der Waals surface area (Å²) in [6.07, 6.45) is 4.63. The van der Waals surface area contributed by atoms with Crippen molar-refractivity contribution in [2.24, 2.45) is 0 Å². The lowest BCUT2D eigenvalue weighted by atomic mass is 10.1. The number of nitrogens with one attached hydrogen (secondary N) is 1. The third kappa shape index (κ3) is 3.00. The van der Waals surface area contributed by atoms with Gasteiger partial charge in [0.25, 0.3) is 0 Å². The monoisotopic (exact) mass is 235 g/mol. The van der Waals surface area contributed by atoms with E-state index in [2.05, 4.69) is 36.1 Å². The Morgan fingerprint density at radius 1 is 1.38 bits per heavy atom. The van der Waals surface area contributed by atoms with Crippen molar-refractivity contribution >= 4 is 21.6 Å². The van der Waals surface area contributed by atoms with Gasteiger partial charge in [-0.2, -0.15) is 0 Å². The summed E-state index contributed by atoms with van der Waals surface area (Å²) in [5.41, 5.74) is 1.19. The highest BCUT2D eigenvalue weighted by Gasteiger charge is 2.09. The van der Waals surface area contributed by atoms with Crippen molar-refractivity contribution in [2.75, 3.05) is 6.54 Å². The Morgan fingerprint density at radius 2 is 2.19 bits per heavy atom. The molecule has 0 atom stereocenters. The Balaban J connectivity index is 2.00. The van der Waals surface area contributed by atoms with Crippen LogP contribution in [0, 0.1) is 0 Å². The maximum absolute atomic E-state index is 4.55. The Kier molecular flexibility index (Phi) is 3.21. The van der Waals surface area contributed by atoms with Gasteiger partial charge in [0.1, 0.15) is 0 Å². The van der Waals surface area contributed by atoms with Crippen molar-refractivity contribution < 1.29 is 0 Å². The molecule has 0 spiro atoms. The maximum Gasteiger partial charge on any atom is 0.0998 e. The highest BCUT2D eigenvalue weighted by atomic mass is 32.1. The molecule has 2 heterocycles. The summed E-state index contributed by atoms with van der Waals surface area (Å²) < 4.78 is 1.22. The van der Waals surface area contributed by atoms with Crippen LogP contribution < -0.4 is 5.32 Å². The first-order chi connectivity index (χ1) is 7.54. The Labute approximate surface area is 99.9 Å². The number of nitrogens with zero attached hydrogens (tertiary/aromatic N) is 2. The van der Waals surface area contributed by atoms with Crippen LogP contribution in [0.25, 0.3) is 10.2 Å². The summed E-state index contributed by atoms with van der Waals surface area (Å²) in [6.45, 7) is 7.50. The second-order valence-corrected chi connectivity index (χ2v) is 5.99. The molecule has 0 aliphatic heterocycles. The second kappa shape index (κ2) is 4.47. The molecule has 0 unspecified atom stereocenters. The van der Waals surface area contributed by atoms with E-state index in [4.69, 9.17) is 0 Å². The zero-order valence-electron chi connectivity index (χ0n) is 9.95. The molecule has 86 valence electrons. The van der Waals surface area contributed by atoms with E-state index in [1.807, 2.05) is 18.5 Å². The average Bonchev–Trinajstić information content (AvgIpc) is 2.57. The number of rotatable bonds is 3. The third-order valence-electron chi connectivity index (χ3n) is 2.23. The second-order valence-electron chi connectivity index (χ2n) is 4.88. The lowest BCUT2D eigenvalue weighted by molar-refractivity contribution is 0.429. The minimum Gasteiger partial charge on any atom is -0.312 e. The number of hydrogen-bond donors (Lipinski definition) is 1. The lowest BCUT2D eigenvalue weighted by Gasteiger charge is -2.19. The van der Waals surface area contributed by atoms with Gasteiger partial charge in [-0.05, 0) is 26.8 Å². The number of pyridine rings is 1. The molecule has 16 heavy (non-hydrogen) atoms. The van der Waals surface area contributed by atoms with E-state index in [1.165, 1.54) is 9.71 Å². The molecule has 2 aromatic heterocycles. The number of thiazole rings is 1. The molecule has 0 radical (unpaired) electrons. The highest BCUT2D eigenvalue weighted by Crippen LogP contribution is 2.20. The third-order valence-corrected chi connectivity index (χ3v) is 3.32. The van der Waals surface area contributed by atoms with Gasteiger partial charge >= 0.3 is 0 Å².